The van der Waals surface area contributed by atoms with Crippen LogP contribution in [0.4, 0.5) is 0 Å². The van der Waals surface area contributed by atoms with E-state index in [1.165, 1.54) is 0 Å². The van der Waals surface area contributed by atoms with Gasteiger partial charge in [0.1, 0.15) is 11.8 Å². The molecule has 3 rings (SSSR count). The fourth-order valence-corrected chi connectivity index (χ4v) is 4.02. The number of carbonyl (C=O) groups excluding carboxylic acids is 2. The van der Waals surface area contributed by atoms with Crippen LogP contribution < -0.4 is 10.1 Å². The zero-order chi connectivity index (χ0) is 24.3. The molecule has 3 aromatic rings. The number of rotatable bonds is 11. The fraction of sp³-hybridized carbons (Fsp3) is 0.286. The first-order valence-electron chi connectivity index (χ1n) is 11.5. The molecule has 3 aromatic carbocycles. The lowest BCUT2D eigenvalue weighted by molar-refractivity contribution is -0.140. The van der Waals surface area contributed by atoms with E-state index in [1.807, 2.05) is 73.7 Å². The van der Waals surface area contributed by atoms with Crippen molar-refractivity contribution in [2.75, 3.05) is 13.7 Å². The van der Waals surface area contributed by atoms with Crippen LogP contribution in [-0.4, -0.2) is 36.4 Å². The van der Waals surface area contributed by atoms with Crippen LogP contribution in [0.5, 0.6) is 5.75 Å². The third-order valence-electron chi connectivity index (χ3n) is 5.55. The van der Waals surface area contributed by atoms with Crippen molar-refractivity contribution in [1.29, 1.82) is 0 Å². The average Bonchev–Trinajstić information content (AvgIpc) is 2.85. The number of amides is 2. The summed E-state index contributed by atoms with van der Waals surface area (Å²) in [5.41, 5.74) is 2.69. The fourth-order valence-electron chi connectivity index (χ4n) is 3.81. The zero-order valence-corrected chi connectivity index (χ0v) is 20.4. The maximum atomic E-state index is 13.7. The number of methoxy groups -OCH3 is 1. The minimum absolute atomic E-state index is 0.141. The van der Waals surface area contributed by atoms with Gasteiger partial charge in [-0.1, -0.05) is 73.1 Å². The summed E-state index contributed by atoms with van der Waals surface area (Å²) in [7, 11) is 1.61. The third kappa shape index (κ3) is 7.35. The van der Waals surface area contributed by atoms with E-state index in [0.29, 0.717) is 23.7 Å². The van der Waals surface area contributed by atoms with Crippen LogP contribution in [0.25, 0.3) is 0 Å². The summed E-state index contributed by atoms with van der Waals surface area (Å²) in [5, 5.41) is 3.57. The highest BCUT2D eigenvalue weighted by Crippen LogP contribution is 2.20. The van der Waals surface area contributed by atoms with E-state index in [-0.39, 0.29) is 24.8 Å². The molecule has 0 spiro atoms. The van der Waals surface area contributed by atoms with Gasteiger partial charge in [0.25, 0.3) is 0 Å². The van der Waals surface area contributed by atoms with E-state index in [0.717, 1.165) is 23.1 Å². The van der Waals surface area contributed by atoms with Gasteiger partial charge in [0, 0.05) is 24.5 Å². The normalized spacial score (nSPS) is 11.5. The van der Waals surface area contributed by atoms with E-state index in [9.17, 15) is 9.59 Å². The lowest BCUT2D eigenvalue weighted by atomic mass is 10.0. The molecule has 0 radical (unpaired) electrons. The van der Waals surface area contributed by atoms with E-state index >= 15 is 0 Å². The molecule has 1 N–H and O–H groups in total. The third-order valence-corrected chi connectivity index (χ3v) is 5.79. The number of nitrogens with one attached hydrogen (secondary N) is 1. The molecule has 0 aromatic heterocycles. The van der Waals surface area contributed by atoms with Crippen LogP contribution in [0.2, 0.25) is 5.02 Å². The van der Waals surface area contributed by atoms with Gasteiger partial charge < -0.3 is 15.0 Å². The van der Waals surface area contributed by atoms with Crippen LogP contribution in [-0.2, 0) is 29.0 Å². The van der Waals surface area contributed by atoms with Crippen molar-refractivity contribution < 1.29 is 14.3 Å². The van der Waals surface area contributed by atoms with Gasteiger partial charge in [0.2, 0.25) is 11.8 Å². The van der Waals surface area contributed by atoms with Gasteiger partial charge in [-0.2, -0.15) is 0 Å². The van der Waals surface area contributed by atoms with Gasteiger partial charge >= 0.3 is 0 Å². The number of benzene rings is 3. The number of hydrogen-bond donors (Lipinski definition) is 1. The molecular formula is C28H31ClN2O3. The van der Waals surface area contributed by atoms with Crippen molar-refractivity contribution in [1.82, 2.24) is 10.2 Å². The smallest absolute Gasteiger partial charge is 0.243 e. The van der Waals surface area contributed by atoms with E-state index in [2.05, 4.69) is 5.32 Å². The highest BCUT2D eigenvalue weighted by molar-refractivity contribution is 6.30. The van der Waals surface area contributed by atoms with Gasteiger partial charge in [-0.05, 0) is 47.4 Å². The monoisotopic (exact) mass is 478 g/mol. The molecule has 0 aliphatic rings. The maximum absolute atomic E-state index is 13.7. The molecule has 2 amide bonds. The van der Waals surface area contributed by atoms with Crippen LogP contribution in [0.1, 0.15) is 30.0 Å². The minimum Gasteiger partial charge on any atom is -0.497 e. The largest absolute Gasteiger partial charge is 0.497 e. The molecule has 6 heteroatoms. The standard InChI is InChI=1S/C28H31ClN2O3/c1-3-15-30-28(33)26(18-21-9-5-4-6-10-21)31(20-23-12-8-14-25(17-23)34-2)27(32)19-22-11-7-13-24(29)16-22/h4-14,16-17,26H,3,15,18-20H2,1-2H3,(H,30,33)/t26-/m0/s1. The van der Waals surface area contributed by atoms with Crippen LogP contribution in [0, 0.1) is 0 Å². The zero-order valence-electron chi connectivity index (χ0n) is 19.7. The van der Waals surface area contributed by atoms with Crippen LogP contribution >= 0.6 is 11.6 Å². The number of nitrogens with zero attached hydrogens (tertiary/aromatic N) is 1. The minimum atomic E-state index is -0.660. The van der Waals surface area contributed by atoms with Crippen molar-refractivity contribution >= 4 is 23.4 Å². The van der Waals surface area contributed by atoms with E-state index in [4.69, 9.17) is 16.3 Å². The molecule has 0 saturated heterocycles. The Balaban J connectivity index is 1.96. The Hall–Kier alpha value is -3.31. The van der Waals surface area contributed by atoms with E-state index < -0.39 is 6.04 Å². The Bertz CT molecular complexity index is 1090. The Morgan fingerprint density at radius 2 is 1.65 bits per heavy atom. The molecule has 0 aliphatic carbocycles. The van der Waals surface area contributed by atoms with Gasteiger partial charge in [-0.25, -0.2) is 0 Å². The predicted octanol–water partition coefficient (Wildman–Crippen LogP) is 5.06. The van der Waals surface area contributed by atoms with Gasteiger partial charge in [-0.3, -0.25) is 9.59 Å². The molecule has 0 bridgehead atoms. The highest BCUT2D eigenvalue weighted by Gasteiger charge is 2.30. The molecule has 0 fully saturated rings. The molecule has 5 nitrogen and oxygen atoms in total. The maximum Gasteiger partial charge on any atom is 0.243 e. The molecule has 1 atom stereocenters. The second-order valence-corrected chi connectivity index (χ2v) is 8.61. The van der Waals surface area contributed by atoms with Crippen molar-refractivity contribution in [3.05, 3.63) is 101 Å². The number of halogens is 1. The summed E-state index contributed by atoms with van der Waals surface area (Å²) >= 11 is 6.15. The lowest BCUT2D eigenvalue weighted by Crippen LogP contribution is -2.51. The lowest BCUT2D eigenvalue weighted by Gasteiger charge is -2.32. The molecule has 0 aliphatic heterocycles. The second-order valence-electron chi connectivity index (χ2n) is 8.18. The SMILES string of the molecule is CCCNC(=O)[C@H](Cc1ccccc1)N(Cc1cccc(OC)c1)C(=O)Cc1cccc(Cl)c1. The van der Waals surface area contributed by atoms with Crippen molar-refractivity contribution in [3.63, 3.8) is 0 Å². The summed E-state index contributed by atoms with van der Waals surface area (Å²) in [6.07, 6.45) is 1.38. The molecule has 0 saturated carbocycles. The number of hydrogen-bond acceptors (Lipinski definition) is 3. The first-order valence-corrected chi connectivity index (χ1v) is 11.9. The molecule has 0 heterocycles. The van der Waals surface area contributed by atoms with Crippen LogP contribution in [0.3, 0.4) is 0 Å². The first kappa shape index (κ1) is 25.3. The van der Waals surface area contributed by atoms with Crippen molar-refractivity contribution in [2.24, 2.45) is 0 Å². The van der Waals surface area contributed by atoms with Gasteiger partial charge in [0.15, 0.2) is 0 Å². The first-order chi connectivity index (χ1) is 16.5. The van der Waals surface area contributed by atoms with Gasteiger partial charge in [0.05, 0.1) is 13.5 Å². The van der Waals surface area contributed by atoms with E-state index in [1.54, 1.807) is 24.1 Å². The topological polar surface area (TPSA) is 58.6 Å². The molecular weight excluding hydrogens is 448 g/mol. The number of ether oxygens (including phenoxy) is 1. The molecule has 34 heavy (non-hydrogen) atoms. The van der Waals surface area contributed by atoms with Crippen molar-refractivity contribution in [2.45, 2.75) is 38.8 Å². The van der Waals surface area contributed by atoms with Crippen LogP contribution in [0.15, 0.2) is 78.9 Å². The predicted molar refractivity (Wildman–Crippen MR) is 136 cm³/mol. The van der Waals surface area contributed by atoms with Gasteiger partial charge in [-0.15, -0.1) is 0 Å². The molecule has 178 valence electrons. The second kappa shape index (κ2) is 12.8. The summed E-state index contributed by atoms with van der Waals surface area (Å²) < 4.78 is 5.37. The Labute approximate surface area is 206 Å². The Morgan fingerprint density at radius 1 is 0.941 bits per heavy atom. The van der Waals surface area contributed by atoms with Crippen molar-refractivity contribution in [3.8, 4) is 5.75 Å². The summed E-state index contributed by atoms with van der Waals surface area (Å²) in [4.78, 5) is 28.7. The summed E-state index contributed by atoms with van der Waals surface area (Å²) in [6, 6.07) is 23.9. The Morgan fingerprint density at radius 3 is 2.35 bits per heavy atom. The Kier molecular flexibility index (Phi) is 9.53. The average molecular weight is 479 g/mol. The summed E-state index contributed by atoms with van der Waals surface area (Å²) in [5.74, 6) is 0.403. The quantitative estimate of drug-likeness (QED) is 0.419. The molecule has 0 unspecified atom stereocenters. The summed E-state index contributed by atoms with van der Waals surface area (Å²) in [6.45, 7) is 2.85. The highest BCUT2D eigenvalue weighted by atomic mass is 35.5. The number of carbonyl (C=O) groups is 2.